The second-order valence-electron chi connectivity index (χ2n) is 7.98. The maximum Gasteiger partial charge on any atom is 0.266 e. The molecule has 1 amide bonds. The Morgan fingerprint density at radius 2 is 2.06 bits per heavy atom. The summed E-state index contributed by atoms with van der Waals surface area (Å²) in [5.74, 6) is 0.513. The average molecular weight is 467 g/mol. The molecular weight excluding hydrogens is 444 g/mol. The Morgan fingerprint density at radius 3 is 2.84 bits per heavy atom. The molecule has 1 aromatic heterocycles. The summed E-state index contributed by atoms with van der Waals surface area (Å²) in [7, 11) is 0. The van der Waals surface area contributed by atoms with E-state index in [-0.39, 0.29) is 18.6 Å². The van der Waals surface area contributed by atoms with E-state index in [9.17, 15) is 4.79 Å². The van der Waals surface area contributed by atoms with Crippen molar-refractivity contribution in [3.8, 4) is 5.75 Å². The number of thiazole rings is 1. The van der Waals surface area contributed by atoms with Gasteiger partial charge in [0, 0.05) is 6.61 Å². The van der Waals surface area contributed by atoms with Crippen LogP contribution in [-0.4, -0.2) is 36.8 Å². The van der Waals surface area contributed by atoms with Crippen molar-refractivity contribution in [2.24, 2.45) is 0 Å². The average Bonchev–Trinajstić information content (AvgIpc) is 3.49. The van der Waals surface area contributed by atoms with Crippen LogP contribution in [0.25, 0.3) is 21.0 Å². The van der Waals surface area contributed by atoms with E-state index in [2.05, 4.69) is 0 Å². The molecule has 5 rings (SSSR count). The lowest BCUT2D eigenvalue weighted by Gasteiger charge is -2.23. The van der Waals surface area contributed by atoms with Crippen molar-refractivity contribution < 1.29 is 14.3 Å². The van der Waals surface area contributed by atoms with Gasteiger partial charge in [0.25, 0.3) is 5.91 Å². The van der Waals surface area contributed by atoms with Gasteiger partial charge in [-0.25, -0.2) is 4.98 Å². The van der Waals surface area contributed by atoms with Crippen LogP contribution in [0, 0.1) is 6.92 Å². The number of aryl methyl sites for hydroxylation is 1. The molecule has 1 aliphatic heterocycles. The Bertz CT molecular complexity index is 1240. The molecule has 1 fully saturated rings. The third-order valence-electron chi connectivity index (χ3n) is 5.71. The predicted octanol–water partition coefficient (Wildman–Crippen LogP) is 6.00. The lowest BCUT2D eigenvalue weighted by molar-refractivity contribution is -0.120. The van der Waals surface area contributed by atoms with Gasteiger partial charge in [-0.3, -0.25) is 9.69 Å². The number of carbonyl (C=O) groups is 1. The number of nitrogens with zero attached hydrogens (tertiary/aromatic N) is 2. The number of anilines is 1. The third-order valence-corrected chi connectivity index (χ3v) is 7.25. The molecule has 0 N–H and O–H groups in total. The first-order chi connectivity index (χ1) is 15.6. The summed E-state index contributed by atoms with van der Waals surface area (Å²) in [6, 6.07) is 17.7. The number of fused-ring (bicyclic) bond motifs is 2. The minimum absolute atomic E-state index is 0.00296. The van der Waals surface area contributed by atoms with Crippen LogP contribution >= 0.6 is 22.9 Å². The van der Waals surface area contributed by atoms with Gasteiger partial charge in [-0.1, -0.05) is 59.3 Å². The quantitative estimate of drug-likeness (QED) is 0.349. The highest BCUT2D eigenvalue weighted by Crippen LogP contribution is 2.36. The summed E-state index contributed by atoms with van der Waals surface area (Å²) in [5.41, 5.74) is 1.86. The lowest BCUT2D eigenvalue weighted by Crippen LogP contribution is -2.40. The molecule has 164 valence electrons. The number of carbonyl (C=O) groups excluding carboxylic acids is 1. The summed E-state index contributed by atoms with van der Waals surface area (Å²) in [6.45, 7) is 3.10. The SMILES string of the molecule is Cc1ccc(Cl)c2sc(N(CC3CCCO3)C(=O)COc3ccc4ccccc4c3)nc12. The second kappa shape index (κ2) is 9.06. The van der Waals surface area contributed by atoms with Gasteiger partial charge in [0.05, 0.1) is 27.9 Å². The van der Waals surface area contributed by atoms with Crippen molar-refractivity contribution in [1.29, 1.82) is 0 Å². The van der Waals surface area contributed by atoms with Crippen molar-refractivity contribution in [3.63, 3.8) is 0 Å². The fourth-order valence-electron chi connectivity index (χ4n) is 3.96. The van der Waals surface area contributed by atoms with Crippen LogP contribution < -0.4 is 9.64 Å². The molecule has 7 heteroatoms. The summed E-state index contributed by atoms with van der Waals surface area (Å²) < 4.78 is 12.6. The summed E-state index contributed by atoms with van der Waals surface area (Å²) >= 11 is 7.84. The Kier molecular flexibility index (Phi) is 6.00. The minimum Gasteiger partial charge on any atom is -0.484 e. The molecule has 3 aromatic carbocycles. The molecule has 5 nitrogen and oxygen atoms in total. The minimum atomic E-state index is -0.151. The number of hydrogen-bond donors (Lipinski definition) is 0. The van der Waals surface area contributed by atoms with Crippen molar-refractivity contribution in [2.45, 2.75) is 25.9 Å². The number of ether oxygens (including phenoxy) is 2. The zero-order valence-corrected chi connectivity index (χ0v) is 19.3. The molecule has 1 aliphatic rings. The number of halogens is 1. The van der Waals surface area contributed by atoms with Crippen LogP contribution in [0.3, 0.4) is 0 Å². The molecule has 0 saturated carbocycles. The monoisotopic (exact) mass is 466 g/mol. The van der Waals surface area contributed by atoms with Gasteiger partial charge < -0.3 is 9.47 Å². The fourth-order valence-corrected chi connectivity index (χ4v) is 5.31. The molecule has 32 heavy (non-hydrogen) atoms. The van der Waals surface area contributed by atoms with E-state index in [1.54, 1.807) is 4.90 Å². The first-order valence-corrected chi connectivity index (χ1v) is 11.9. The molecule has 0 bridgehead atoms. The largest absolute Gasteiger partial charge is 0.484 e. The maximum atomic E-state index is 13.3. The predicted molar refractivity (Wildman–Crippen MR) is 130 cm³/mol. The molecule has 4 aromatic rings. The Hall–Kier alpha value is -2.67. The Balaban J connectivity index is 1.40. The highest BCUT2D eigenvalue weighted by atomic mass is 35.5. The fraction of sp³-hybridized carbons (Fsp3) is 0.280. The number of benzene rings is 3. The van der Waals surface area contributed by atoms with E-state index in [0.717, 1.165) is 46.0 Å². The Morgan fingerprint density at radius 1 is 1.22 bits per heavy atom. The topological polar surface area (TPSA) is 51.7 Å². The highest BCUT2D eigenvalue weighted by Gasteiger charge is 2.27. The van der Waals surface area contributed by atoms with Crippen molar-refractivity contribution in [1.82, 2.24) is 4.98 Å². The van der Waals surface area contributed by atoms with Gasteiger partial charge in [0.15, 0.2) is 11.7 Å². The van der Waals surface area contributed by atoms with Gasteiger partial charge in [0.2, 0.25) is 0 Å². The Labute approximate surface area is 195 Å². The standard InChI is InChI=1S/C25H23ClN2O3S/c1-16-8-11-21(26)24-23(16)27-25(32-24)28(14-20-7-4-12-30-20)22(29)15-31-19-10-9-17-5-2-3-6-18(17)13-19/h2-3,5-6,8-11,13,20H,4,7,12,14-15H2,1H3. The molecule has 1 saturated heterocycles. The van der Waals surface area contributed by atoms with Crippen LogP contribution in [0.15, 0.2) is 54.6 Å². The van der Waals surface area contributed by atoms with Gasteiger partial charge in [-0.15, -0.1) is 0 Å². The van der Waals surface area contributed by atoms with Crippen molar-refractivity contribution in [3.05, 3.63) is 65.2 Å². The number of rotatable bonds is 6. The van der Waals surface area contributed by atoms with E-state index in [0.29, 0.717) is 22.4 Å². The first-order valence-electron chi connectivity index (χ1n) is 10.7. The second-order valence-corrected chi connectivity index (χ2v) is 9.36. The van der Waals surface area contributed by atoms with Gasteiger partial charge in [-0.05, 0) is 54.3 Å². The molecule has 0 spiro atoms. The zero-order chi connectivity index (χ0) is 22.1. The van der Waals surface area contributed by atoms with Crippen molar-refractivity contribution in [2.75, 3.05) is 24.7 Å². The first kappa shape index (κ1) is 21.2. The van der Waals surface area contributed by atoms with Gasteiger partial charge in [0.1, 0.15) is 5.75 Å². The van der Waals surface area contributed by atoms with Crippen LogP contribution in [0.2, 0.25) is 5.02 Å². The van der Waals surface area contributed by atoms with Crippen LogP contribution in [0.5, 0.6) is 5.75 Å². The molecule has 0 radical (unpaired) electrons. The van der Waals surface area contributed by atoms with Crippen LogP contribution in [0.4, 0.5) is 5.13 Å². The van der Waals surface area contributed by atoms with E-state index in [1.165, 1.54) is 11.3 Å². The summed E-state index contributed by atoms with van der Waals surface area (Å²) in [6.07, 6.45) is 1.94. The van der Waals surface area contributed by atoms with E-state index < -0.39 is 0 Å². The number of hydrogen-bond acceptors (Lipinski definition) is 5. The molecule has 1 unspecified atom stereocenters. The van der Waals surface area contributed by atoms with E-state index >= 15 is 0 Å². The summed E-state index contributed by atoms with van der Waals surface area (Å²) in [4.78, 5) is 19.7. The van der Waals surface area contributed by atoms with Gasteiger partial charge >= 0.3 is 0 Å². The highest BCUT2D eigenvalue weighted by molar-refractivity contribution is 7.23. The van der Waals surface area contributed by atoms with Crippen molar-refractivity contribution >= 4 is 55.0 Å². The normalized spacial score (nSPS) is 16.0. The smallest absolute Gasteiger partial charge is 0.266 e. The van der Waals surface area contributed by atoms with Crippen LogP contribution in [-0.2, 0) is 9.53 Å². The molecule has 0 aliphatic carbocycles. The lowest BCUT2D eigenvalue weighted by atomic mass is 10.1. The summed E-state index contributed by atoms with van der Waals surface area (Å²) in [5, 5.41) is 3.47. The number of amides is 1. The molecular formula is C25H23ClN2O3S. The van der Waals surface area contributed by atoms with Gasteiger partial charge in [-0.2, -0.15) is 0 Å². The zero-order valence-electron chi connectivity index (χ0n) is 17.7. The third kappa shape index (κ3) is 4.31. The van der Waals surface area contributed by atoms with E-state index in [1.807, 2.05) is 61.5 Å². The van der Waals surface area contributed by atoms with Crippen LogP contribution in [0.1, 0.15) is 18.4 Å². The molecule has 1 atom stereocenters. The van der Waals surface area contributed by atoms with E-state index in [4.69, 9.17) is 26.1 Å². The molecule has 2 heterocycles. The number of aromatic nitrogens is 1. The maximum absolute atomic E-state index is 13.3.